The van der Waals surface area contributed by atoms with Gasteiger partial charge in [-0.2, -0.15) is 0 Å². The molecule has 0 unspecified atom stereocenters. The van der Waals surface area contributed by atoms with Gasteiger partial charge in [0.05, 0.1) is 12.6 Å². The summed E-state index contributed by atoms with van der Waals surface area (Å²) in [5.74, 6) is 0.0519. The van der Waals surface area contributed by atoms with Crippen molar-refractivity contribution in [2.24, 2.45) is 5.73 Å². The summed E-state index contributed by atoms with van der Waals surface area (Å²) in [7, 11) is 0. The van der Waals surface area contributed by atoms with Gasteiger partial charge < -0.3 is 20.5 Å². The van der Waals surface area contributed by atoms with Crippen LogP contribution in [0.25, 0.3) is 0 Å². The van der Waals surface area contributed by atoms with Gasteiger partial charge in [-0.05, 0) is 38.0 Å². The van der Waals surface area contributed by atoms with Crippen LogP contribution >= 0.6 is 0 Å². The predicted molar refractivity (Wildman–Crippen MR) is 78.9 cm³/mol. The van der Waals surface area contributed by atoms with Crippen LogP contribution in [-0.4, -0.2) is 37.7 Å². The summed E-state index contributed by atoms with van der Waals surface area (Å²) in [5, 5.41) is 2.74. The van der Waals surface area contributed by atoms with Crippen molar-refractivity contribution in [3.63, 3.8) is 0 Å². The maximum Gasteiger partial charge on any atom is 0.344 e. The molecule has 0 bridgehead atoms. The third-order valence-corrected chi connectivity index (χ3v) is 2.71. The molecule has 1 rings (SSSR count). The molecular formula is C15H22N2O4. The largest absolute Gasteiger partial charge is 0.482 e. The van der Waals surface area contributed by atoms with Gasteiger partial charge in [-0.1, -0.05) is 12.1 Å². The smallest absolute Gasteiger partial charge is 0.344 e. The van der Waals surface area contributed by atoms with Crippen molar-refractivity contribution >= 4 is 11.9 Å². The van der Waals surface area contributed by atoms with Crippen LogP contribution in [0.5, 0.6) is 5.75 Å². The van der Waals surface area contributed by atoms with E-state index in [1.165, 1.54) is 0 Å². The number of amides is 1. The van der Waals surface area contributed by atoms with Crippen LogP contribution in [0.15, 0.2) is 24.3 Å². The predicted octanol–water partition coefficient (Wildman–Crippen LogP) is 0.634. The van der Waals surface area contributed by atoms with Crippen molar-refractivity contribution < 1.29 is 19.1 Å². The number of nitrogens with two attached hydrogens (primary N) is 1. The van der Waals surface area contributed by atoms with E-state index in [-0.39, 0.29) is 18.5 Å². The molecule has 6 nitrogen and oxygen atoms in total. The molecule has 1 atom stereocenters. The Kier molecular flexibility index (Phi) is 7.25. The van der Waals surface area contributed by atoms with E-state index in [1.54, 1.807) is 26.0 Å². The number of carbonyl (C=O) groups excluding carboxylic acids is 2. The van der Waals surface area contributed by atoms with Crippen LogP contribution in [-0.2, 0) is 20.7 Å². The van der Waals surface area contributed by atoms with Gasteiger partial charge in [0.1, 0.15) is 5.75 Å². The van der Waals surface area contributed by atoms with Crippen LogP contribution in [0.4, 0.5) is 0 Å². The van der Waals surface area contributed by atoms with Crippen LogP contribution < -0.4 is 15.8 Å². The van der Waals surface area contributed by atoms with E-state index in [1.807, 2.05) is 12.1 Å². The fourth-order valence-corrected chi connectivity index (χ4v) is 1.59. The number of esters is 1. The van der Waals surface area contributed by atoms with Gasteiger partial charge in [0.25, 0.3) is 0 Å². The minimum Gasteiger partial charge on any atom is -0.482 e. The van der Waals surface area contributed by atoms with Crippen molar-refractivity contribution in [2.75, 3.05) is 19.8 Å². The van der Waals surface area contributed by atoms with Gasteiger partial charge in [0, 0.05) is 6.54 Å². The fourth-order valence-electron chi connectivity index (χ4n) is 1.59. The third-order valence-electron chi connectivity index (χ3n) is 2.71. The highest BCUT2D eigenvalue weighted by Gasteiger charge is 2.06. The standard InChI is InChI=1S/C15H22N2O4/c1-3-20-14(18)10-21-13-6-4-12(5-7-13)8-9-17-15(19)11(2)16/h4-7,11H,3,8-10,16H2,1-2H3,(H,17,19)/t11-/m1/s1. The lowest BCUT2D eigenvalue weighted by Gasteiger charge is -2.09. The zero-order valence-electron chi connectivity index (χ0n) is 12.4. The lowest BCUT2D eigenvalue weighted by molar-refractivity contribution is -0.145. The van der Waals surface area contributed by atoms with E-state index in [0.717, 1.165) is 5.56 Å². The van der Waals surface area contributed by atoms with Crippen LogP contribution in [0.1, 0.15) is 19.4 Å². The van der Waals surface area contributed by atoms with Crippen LogP contribution in [0.3, 0.4) is 0 Å². The summed E-state index contributed by atoms with van der Waals surface area (Å²) in [5.41, 5.74) is 6.51. The van der Waals surface area contributed by atoms with Gasteiger partial charge in [-0.25, -0.2) is 4.79 Å². The monoisotopic (exact) mass is 294 g/mol. The summed E-state index contributed by atoms with van der Waals surface area (Å²) in [6, 6.07) is 6.84. The molecule has 116 valence electrons. The molecule has 0 aliphatic heterocycles. The SMILES string of the molecule is CCOC(=O)COc1ccc(CCNC(=O)[C@@H](C)N)cc1. The normalized spacial score (nSPS) is 11.6. The number of carbonyl (C=O) groups is 2. The van der Waals surface area contributed by atoms with Crippen molar-refractivity contribution in [2.45, 2.75) is 26.3 Å². The average Bonchev–Trinajstić information content (AvgIpc) is 2.46. The van der Waals surface area contributed by atoms with E-state index in [4.69, 9.17) is 15.2 Å². The Morgan fingerprint density at radius 1 is 1.29 bits per heavy atom. The minimum atomic E-state index is -0.497. The van der Waals surface area contributed by atoms with Gasteiger partial charge in [-0.3, -0.25) is 4.79 Å². The van der Waals surface area contributed by atoms with E-state index >= 15 is 0 Å². The Morgan fingerprint density at radius 2 is 1.95 bits per heavy atom. The third kappa shape index (κ3) is 6.76. The van der Waals surface area contributed by atoms with Gasteiger partial charge in [0.15, 0.2) is 6.61 Å². The Labute approximate surface area is 124 Å². The second-order valence-electron chi connectivity index (χ2n) is 4.57. The fraction of sp³-hybridized carbons (Fsp3) is 0.467. The Bertz CT molecular complexity index is 457. The summed E-state index contributed by atoms with van der Waals surface area (Å²) in [6.45, 7) is 4.16. The molecule has 0 saturated heterocycles. The molecule has 0 aromatic heterocycles. The first-order chi connectivity index (χ1) is 10.0. The van der Waals surface area contributed by atoms with Crippen LogP contribution in [0.2, 0.25) is 0 Å². The summed E-state index contributed by atoms with van der Waals surface area (Å²) in [6.07, 6.45) is 0.705. The zero-order valence-corrected chi connectivity index (χ0v) is 12.4. The number of rotatable bonds is 8. The Morgan fingerprint density at radius 3 is 2.52 bits per heavy atom. The second kappa shape index (κ2) is 8.97. The molecule has 0 aliphatic rings. The molecule has 1 aromatic carbocycles. The molecule has 0 aliphatic carbocycles. The van der Waals surface area contributed by atoms with Crippen molar-refractivity contribution in [3.8, 4) is 5.75 Å². The van der Waals surface area contributed by atoms with Gasteiger partial charge in [-0.15, -0.1) is 0 Å². The zero-order chi connectivity index (χ0) is 15.7. The highest BCUT2D eigenvalue weighted by molar-refractivity contribution is 5.80. The number of hydrogen-bond acceptors (Lipinski definition) is 5. The van der Waals surface area contributed by atoms with E-state index in [2.05, 4.69) is 5.32 Å². The highest BCUT2D eigenvalue weighted by atomic mass is 16.6. The number of ether oxygens (including phenoxy) is 2. The minimum absolute atomic E-state index is 0.0996. The second-order valence-corrected chi connectivity index (χ2v) is 4.57. The molecule has 1 amide bonds. The lowest BCUT2D eigenvalue weighted by atomic mass is 10.1. The van der Waals surface area contributed by atoms with Gasteiger partial charge in [0.2, 0.25) is 5.91 Å². The molecule has 0 spiro atoms. The molecule has 6 heteroatoms. The summed E-state index contributed by atoms with van der Waals surface area (Å²) in [4.78, 5) is 22.4. The molecule has 21 heavy (non-hydrogen) atoms. The first-order valence-corrected chi connectivity index (χ1v) is 6.93. The van der Waals surface area contributed by atoms with E-state index in [9.17, 15) is 9.59 Å². The van der Waals surface area contributed by atoms with Gasteiger partial charge >= 0.3 is 5.97 Å². The molecular weight excluding hydrogens is 272 g/mol. The molecule has 3 N–H and O–H groups in total. The van der Waals surface area contributed by atoms with Crippen molar-refractivity contribution in [1.82, 2.24) is 5.32 Å². The average molecular weight is 294 g/mol. The maximum absolute atomic E-state index is 11.3. The quantitative estimate of drug-likeness (QED) is 0.686. The van der Waals surface area contributed by atoms with E-state index in [0.29, 0.717) is 25.3 Å². The van der Waals surface area contributed by atoms with E-state index < -0.39 is 6.04 Å². The molecule has 0 heterocycles. The first-order valence-electron chi connectivity index (χ1n) is 6.93. The summed E-state index contributed by atoms with van der Waals surface area (Å²) < 4.78 is 10.1. The number of hydrogen-bond donors (Lipinski definition) is 2. The first kappa shape index (κ1) is 17.0. The Hall–Kier alpha value is -2.08. The lowest BCUT2D eigenvalue weighted by Crippen LogP contribution is -2.39. The highest BCUT2D eigenvalue weighted by Crippen LogP contribution is 2.12. The topological polar surface area (TPSA) is 90.6 Å². The number of nitrogens with one attached hydrogen (secondary N) is 1. The maximum atomic E-state index is 11.3. The molecule has 0 fully saturated rings. The molecule has 0 radical (unpaired) electrons. The Balaban J connectivity index is 2.33. The van der Waals surface area contributed by atoms with Crippen LogP contribution in [0, 0.1) is 0 Å². The molecule has 1 aromatic rings. The summed E-state index contributed by atoms with van der Waals surface area (Å²) >= 11 is 0. The molecule has 0 saturated carbocycles. The number of benzene rings is 1. The van der Waals surface area contributed by atoms with Crippen molar-refractivity contribution in [1.29, 1.82) is 0 Å². The van der Waals surface area contributed by atoms with Crippen molar-refractivity contribution in [3.05, 3.63) is 29.8 Å².